The molecule has 0 aromatic heterocycles. The van der Waals surface area contributed by atoms with Gasteiger partial charge in [-0.05, 0) is 24.3 Å². The zero-order valence-electron chi connectivity index (χ0n) is 11.3. The van der Waals surface area contributed by atoms with E-state index < -0.39 is 11.7 Å². The number of halogens is 5. The molecule has 0 unspecified atom stereocenters. The summed E-state index contributed by atoms with van der Waals surface area (Å²) in [5, 5.41) is 0.367. The minimum atomic E-state index is -4.46. The SMILES string of the molecule is FC(F)(F)c1cc(N=Cc2cc3c(cc2Cl)OCO3)ccc1Br. The van der Waals surface area contributed by atoms with Crippen LogP contribution in [0.15, 0.2) is 39.8 Å². The van der Waals surface area contributed by atoms with E-state index in [9.17, 15) is 13.2 Å². The van der Waals surface area contributed by atoms with Crippen LogP contribution in [-0.2, 0) is 6.18 Å². The first-order valence-electron chi connectivity index (χ1n) is 6.34. The van der Waals surface area contributed by atoms with E-state index in [0.29, 0.717) is 22.1 Å². The number of alkyl halides is 3. The minimum absolute atomic E-state index is 0.0370. The smallest absolute Gasteiger partial charge is 0.417 e. The summed E-state index contributed by atoms with van der Waals surface area (Å²) in [4.78, 5) is 4.05. The van der Waals surface area contributed by atoms with Crippen molar-refractivity contribution in [3.05, 3.63) is 51.0 Å². The summed E-state index contributed by atoms with van der Waals surface area (Å²) in [6, 6.07) is 6.93. The van der Waals surface area contributed by atoms with Gasteiger partial charge in [-0.15, -0.1) is 0 Å². The fraction of sp³-hybridized carbons (Fsp3) is 0.133. The van der Waals surface area contributed by atoms with Crippen molar-refractivity contribution in [3.63, 3.8) is 0 Å². The van der Waals surface area contributed by atoms with E-state index in [-0.39, 0.29) is 17.0 Å². The molecule has 3 nitrogen and oxygen atoms in total. The van der Waals surface area contributed by atoms with Crippen LogP contribution in [0.1, 0.15) is 11.1 Å². The van der Waals surface area contributed by atoms with Gasteiger partial charge in [0.05, 0.1) is 16.3 Å². The van der Waals surface area contributed by atoms with Gasteiger partial charge in [0.15, 0.2) is 11.5 Å². The predicted molar refractivity (Wildman–Crippen MR) is 84.0 cm³/mol. The van der Waals surface area contributed by atoms with E-state index in [4.69, 9.17) is 21.1 Å². The van der Waals surface area contributed by atoms with Gasteiger partial charge in [0, 0.05) is 22.3 Å². The molecule has 0 fully saturated rings. The number of hydrogen-bond acceptors (Lipinski definition) is 3. The Kier molecular flexibility index (Phi) is 4.25. The molecule has 0 N–H and O–H groups in total. The van der Waals surface area contributed by atoms with Crippen molar-refractivity contribution >= 4 is 39.4 Å². The standard InChI is InChI=1S/C15H8BrClF3NO2/c16-11-2-1-9(4-10(11)15(18,19)20)21-6-8-3-13-14(5-12(8)17)23-7-22-13/h1-6H,7H2. The Morgan fingerprint density at radius 2 is 1.83 bits per heavy atom. The summed E-state index contributed by atoms with van der Waals surface area (Å²) in [6.45, 7) is 0.105. The van der Waals surface area contributed by atoms with E-state index in [2.05, 4.69) is 20.9 Å². The van der Waals surface area contributed by atoms with Crippen molar-refractivity contribution in [2.45, 2.75) is 6.18 Å². The second kappa shape index (κ2) is 6.05. The summed E-state index contributed by atoms with van der Waals surface area (Å²) in [7, 11) is 0. The maximum Gasteiger partial charge on any atom is 0.417 e. The third-order valence-corrected chi connectivity index (χ3v) is 4.12. The molecule has 0 aliphatic carbocycles. The van der Waals surface area contributed by atoms with Crippen LogP contribution in [0, 0.1) is 0 Å². The second-order valence-electron chi connectivity index (χ2n) is 4.65. The van der Waals surface area contributed by atoms with Crippen molar-refractivity contribution in [2.75, 3.05) is 6.79 Å². The number of fused-ring (bicyclic) bond motifs is 1. The van der Waals surface area contributed by atoms with Gasteiger partial charge in [-0.2, -0.15) is 13.2 Å². The van der Waals surface area contributed by atoms with E-state index >= 15 is 0 Å². The van der Waals surface area contributed by atoms with Gasteiger partial charge in [-0.25, -0.2) is 0 Å². The number of aliphatic imine (C=N–C) groups is 1. The maximum atomic E-state index is 12.9. The molecule has 2 aromatic carbocycles. The van der Waals surface area contributed by atoms with Gasteiger partial charge in [0.25, 0.3) is 0 Å². The number of hydrogen-bond donors (Lipinski definition) is 0. The molecular formula is C15H8BrClF3NO2. The normalized spacial score (nSPS) is 13.8. The summed E-state index contributed by atoms with van der Waals surface area (Å²) >= 11 is 8.97. The van der Waals surface area contributed by atoms with Crippen molar-refractivity contribution in [3.8, 4) is 11.5 Å². The van der Waals surface area contributed by atoms with Gasteiger partial charge in [-0.3, -0.25) is 4.99 Å². The lowest BCUT2D eigenvalue weighted by Crippen LogP contribution is -2.05. The Labute approximate surface area is 142 Å². The molecule has 23 heavy (non-hydrogen) atoms. The zero-order chi connectivity index (χ0) is 16.6. The molecule has 1 heterocycles. The van der Waals surface area contributed by atoms with E-state index in [1.54, 1.807) is 12.1 Å². The molecule has 3 rings (SSSR count). The molecular weight excluding hydrogens is 399 g/mol. The molecule has 0 saturated heterocycles. The highest BCUT2D eigenvalue weighted by Crippen LogP contribution is 2.38. The van der Waals surface area contributed by atoms with Crippen molar-refractivity contribution in [1.82, 2.24) is 0 Å². The number of ether oxygens (including phenoxy) is 2. The van der Waals surface area contributed by atoms with Crippen molar-refractivity contribution in [1.29, 1.82) is 0 Å². The molecule has 1 aliphatic rings. The van der Waals surface area contributed by atoms with E-state index in [0.717, 1.165) is 6.07 Å². The molecule has 8 heteroatoms. The van der Waals surface area contributed by atoms with Crippen LogP contribution < -0.4 is 9.47 Å². The van der Waals surface area contributed by atoms with Crippen molar-refractivity contribution < 1.29 is 22.6 Å². The van der Waals surface area contributed by atoms with Crippen LogP contribution in [-0.4, -0.2) is 13.0 Å². The first kappa shape index (κ1) is 16.1. The molecule has 120 valence electrons. The van der Waals surface area contributed by atoms with Crippen LogP contribution in [0.25, 0.3) is 0 Å². The summed E-state index contributed by atoms with van der Waals surface area (Å²) in [5.41, 5.74) is -0.106. The second-order valence-corrected chi connectivity index (χ2v) is 5.91. The third kappa shape index (κ3) is 3.45. The molecule has 0 amide bonds. The number of benzene rings is 2. The lowest BCUT2D eigenvalue weighted by molar-refractivity contribution is -0.138. The largest absolute Gasteiger partial charge is 0.454 e. The topological polar surface area (TPSA) is 30.8 Å². The van der Waals surface area contributed by atoms with Gasteiger partial charge in [0.2, 0.25) is 6.79 Å². The Morgan fingerprint density at radius 3 is 2.52 bits per heavy atom. The number of rotatable bonds is 2. The van der Waals surface area contributed by atoms with Crippen LogP contribution >= 0.6 is 27.5 Å². The summed E-state index contributed by atoms with van der Waals surface area (Å²) in [6.07, 6.45) is -3.07. The minimum Gasteiger partial charge on any atom is -0.454 e. The highest BCUT2D eigenvalue weighted by molar-refractivity contribution is 9.10. The Hall–Kier alpha value is -1.73. The van der Waals surface area contributed by atoms with E-state index in [1.165, 1.54) is 18.3 Å². The van der Waals surface area contributed by atoms with Gasteiger partial charge in [0.1, 0.15) is 0 Å². The molecule has 0 saturated carbocycles. The van der Waals surface area contributed by atoms with Crippen LogP contribution in [0.3, 0.4) is 0 Å². The molecule has 0 bridgehead atoms. The highest BCUT2D eigenvalue weighted by Gasteiger charge is 2.33. The quantitative estimate of drug-likeness (QED) is 0.608. The fourth-order valence-corrected chi connectivity index (χ4v) is 2.66. The molecule has 0 radical (unpaired) electrons. The summed E-state index contributed by atoms with van der Waals surface area (Å²) in [5.74, 6) is 1.04. The Morgan fingerprint density at radius 1 is 1.13 bits per heavy atom. The summed E-state index contributed by atoms with van der Waals surface area (Å²) < 4.78 is 49.0. The average Bonchev–Trinajstić information content (AvgIpc) is 2.92. The Balaban J connectivity index is 1.92. The highest BCUT2D eigenvalue weighted by atomic mass is 79.9. The first-order valence-corrected chi connectivity index (χ1v) is 7.51. The van der Waals surface area contributed by atoms with Crippen LogP contribution in [0.2, 0.25) is 5.02 Å². The monoisotopic (exact) mass is 405 g/mol. The molecule has 2 aromatic rings. The third-order valence-electron chi connectivity index (χ3n) is 3.10. The molecule has 0 atom stereocenters. The van der Waals surface area contributed by atoms with Gasteiger partial charge in [-0.1, -0.05) is 27.5 Å². The van der Waals surface area contributed by atoms with Gasteiger partial charge < -0.3 is 9.47 Å². The lowest BCUT2D eigenvalue weighted by Gasteiger charge is -2.09. The van der Waals surface area contributed by atoms with Crippen LogP contribution in [0.5, 0.6) is 11.5 Å². The first-order chi connectivity index (χ1) is 10.8. The van der Waals surface area contributed by atoms with Crippen LogP contribution in [0.4, 0.5) is 18.9 Å². The van der Waals surface area contributed by atoms with Gasteiger partial charge >= 0.3 is 6.18 Å². The molecule has 0 spiro atoms. The van der Waals surface area contributed by atoms with Crippen molar-refractivity contribution in [2.24, 2.45) is 4.99 Å². The maximum absolute atomic E-state index is 12.9. The average molecular weight is 407 g/mol. The predicted octanol–water partition coefficient (Wildman–Crippen LogP) is 5.60. The zero-order valence-corrected chi connectivity index (χ0v) is 13.7. The number of nitrogens with zero attached hydrogens (tertiary/aromatic N) is 1. The molecule has 1 aliphatic heterocycles. The fourth-order valence-electron chi connectivity index (χ4n) is 1.99. The lowest BCUT2D eigenvalue weighted by atomic mass is 10.2. The Bertz CT molecular complexity index is 793. The van der Waals surface area contributed by atoms with E-state index in [1.807, 2.05) is 0 Å².